The van der Waals surface area contributed by atoms with Crippen molar-refractivity contribution in [3.8, 4) is 5.75 Å². The number of hydrogen-bond acceptors (Lipinski definition) is 4. The third-order valence-electron chi connectivity index (χ3n) is 3.01. The van der Waals surface area contributed by atoms with Crippen molar-refractivity contribution in [2.75, 3.05) is 13.7 Å². The minimum absolute atomic E-state index is 0.0331. The van der Waals surface area contributed by atoms with Gasteiger partial charge in [-0.15, -0.1) is 0 Å². The van der Waals surface area contributed by atoms with Crippen molar-refractivity contribution in [3.05, 3.63) is 29.3 Å². The molecule has 0 N–H and O–H groups in total. The molecule has 0 fully saturated rings. The molecular formula is C16H22O4. The molecule has 0 atom stereocenters. The van der Waals surface area contributed by atoms with E-state index in [1.54, 1.807) is 12.1 Å². The van der Waals surface area contributed by atoms with Crippen molar-refractivity contribution in [3.63, 3.8) is 0 Å². The number of aryl methyl sites for hydroxylation is 1. The number of carbonyl (C=O) groups is 2. The van der Waals surface area contributed by atoms with Crippen LogP contribution in [0.3, 0.4) is 0 Å². The Hall–Kier alpha value is -1.84. The molecule has 110 valence electrons. The van der Waals surface area contributed by atoms with Crippen LogP contribution in [0.2, 0.25) is 0 Å². The fourth-order valence-electron chi connectivity index (χ4n) is 1.90. The summed E-state index contributed by atoms with van der Waals surface area (Å²) in [5, 5.41) is 0. The van der Waals surface area contributed by atoms with Gasteiger partial charge in [-0.25, -0.2) is 0 Å². The van der Waals surface area contributed by atoms with Gasteiger partial charge in [0.25, 0.3) is 0 Å². The van der Waals surface area contributed by atoms with Crippen LogP contribution < -0.4 is 4.74 Å². The van der Waals surface area contributed by atoms with Crippen LogP contribution in [-0.2, 0) is 16.0 Å². The first-order valence-electron chi connectivity index (χ1n) is 6.98. The molecule has 0 amide bonds. The predicted molar refractivity (Wildman–Crippen MR) is 77.2 cm³/mol. The van der Waals surface area contributed by atoms with Crippen LogP contribution in [0.15, 0.2) is 18.2 Å². The van der Waals surface area contributed by atoms with Gasteiger partial charge in [0.15, 0.2) is 5.78 Å². The maximum absolute atomic E-state index is 12.1. The van der Waals surface area contributed by atoms with E-state index >= 15 is 0 Å². The van der Waals surface area contributed by atoms with E-state index in [2.05, 4.69) is 4.74 Å². The number of carbonyl (C=O) groups excluding carboxylic acids is 2. The van der Waals surface area contributed by atoms with E-state index in [1.807, 2.05) is 19.9 Å². The van der Waals surface area contributed by atoms with E-state index in [4.69, 9.17) is 4.74 Å². The van der Waals surface area contributed by atoms with Crippen molar-refractivity contribution in [2.24, 2.45) is 0 Å². The Balaban J connectivity index is 2.78. The molecule has 0 unspecified atom stereocenters. The summed E-state index contributed by atoms with van der Waals surface area (Å²) in [4.78, 5) is 23.2. The number of benzene rings is 1. The van der Waals surface area contributed by atoms with Crippen LogP contribution in [0, 0.1) is 0 Å². The molecule has 0 saturated heterocycles. The fraction of sp³-hybridized carbons (Fsp3) is 0.500. The van der Waals surface area contributed by atoms with Gasteiger partial charge in [-0.3, -0.25) is 9.59 Å². The second-order valence-electron chi connectivity index (χ2n) is 4.52. The number of ketones is 1. The highest BCUT2D eigenvalue weighted by Gasteiger charge is 2.13. The second-order valence-corrected chi connectivity index (χ2v) is 4.52. The number of methoxy groups -OCH3 is 1. The second kappa shape index (κ2) is 8.35. The predicted octanol–water partition coefficient (Wildman–Crippen LogP) is 3.17. The molecule has 0 bridgehead atoms. The lowest BCUT2D eigenvalue weighted by Gasteiger charge is -2.10. The van der Waals surface area contributed by atoms with Crippen LogP contribution in [0.25, 0.3) is 0 Å². The van der Waals surface area contributed by atoms with Gasteiger partial charge in [0.2, 0.25) is 0 Å². The average Bonchev–Trinajstić information content (AvgIpc) is 2.49. The Labute approximate surface area is 120 Å². The first kappa shape index (κ1) is 16.2. The van der Waals surface area contributed by atoms with E-state index in [1.165, 1.54) is 7.11 Å². The third-order valence-corrected chi connectivity index (χ3v) is 3.01. The number of esters is 1. The summed E-state index contributed by atoms with van der Waals surface area (Å²) < 4.78 is 10.1. The SMILES string of the molecule is CCCOc1ccc(C(=O)CCC(=O)OC)c(CC)c1. The first-order chi connectivity index (χ1) is 9.62. The van der Waals surface area contributed by atoms with Gasteiger partial charge in [0.05, 0.1) is 20.1 Å². The summed E-state index contributed by atoms with van der Waals surface area (Å²) in [6, 6.07) is 5.49. The minimum atomic E-state index is -0.362. The Morgan fingerprint density at radius 2 is 1.90 bits per heavy atom. The van der Waals surface area contributed by atoms with Crippen LogP contribution in [0.1, 0.15) is 49.0 Å². The maximum Gasteiger partial charge on any atom is 0.305 e. The highest BCUT2D eigenvalue weighted by molar-refractivity contribution is 5.99. The summed E-state index contributed by atoms with van der Waals surface area (Å²) in [5.74, 6) is 0.391. The van der Waals surface area contributed by atoms with Crippen molar-refractivity contribution in [1.82, 2.24) is 0 Å². The van der Waals surface area contributed by atoms with Gasteiger partial charge in [0, 0.05) is 12.0 Å². The molecule has 0 aliphatic rings. The number of rotatable bonds is 8. The van der Waals surface area contributed by atoms with Crippen LogP contribution >= 0.6 is 0 Å². The molecule has 0 aliphatic heterocycles. The smallest absolute Gasteiger partial charge is 0.305 e. The third kappa shape index (κ3) is 4.68. The Kier molecular flexibility index (Phi) is 6.77. The topological polar surface area (TPSA) is 52.6 Å². The summed E-state index contributed by atoms with van der Waals surface area (Å²) in [5.41, 5.74) is 1.62. The standard InChI is InChI=1S/C16H22O4/c1-4-10-20-13-6-7-14(12(5-2)11-13)15(17)8-9-16(18)19-3/h6-7,11H,4-5,8-10H2,1-3H3. The summed E-state index contributed by atoms with van der Waals surface area (Å²) in [6.07, 6.45) is 1.99. The largest absolute Gasteiger partial charge is 0.494 e. The number of Topliss-reactive ketones (excluding diaryl/α,β-unsaturated/α-hetero) is 1. The molecule has 0 heterocycles. The lowest BCUT2D eigenvalue weighted by atomic mass is 9.98. The Morgan fingerprint density at radius 1 is 1.15 bits per heavy atom. The van der Waals surface area contributed by atoms with Crippen molar-refractivity contribution in [1.29, 1.82) is 0 Å². The van der Waals surface area contributed by atoms with Crippen LogP contribution in [-0.4, -0.2) is 25.5 Å². The summed E-state index contributed by atoms with van der Waals surface area (Å²) in [7, 11) is 1.32. The molecule has 4 nitrogen and oxygen atoms in total. The van der Waals surface area contributed by atoms with Gasteiger partial charge in [-0.2, -0.15) is 0 Å². The lowest BCUT2D eigenvalue weighted by molar-refractivity contribution is -0.140. The highest BCUT2D eigenvalue weighted by Crippen LogP contribution is 2.20. The zero-order valence-electron chi connectivity index (χ0n) is 12.4. The summed E-state index contributed by atoms with van der Waals surface area (Å²) in [6.45, 7) is 4.71. The minimum Gasteiger partial charge on any atom is -0.494 e. The zero-order valence-corrected chi connectivity index (χ0v) is 12.4. The Morgan fingerprint density at radius 3 is 2.50 bits per heavy atom. The van der Waals surface area contributed by atoms with Crippen molar-refractivity contribution >= 4 is 11.8 Å². The molecular weight excluding hydrogens is 256 g/mol. The van der Waals surface area contributed by atoms with Crippen LogP contribution in [0.5, 0.6) is 5.75 Å². The molecule has 20 heavy (non-hydrogen) atoms. The Bertz CT molecular complexity index is 466. The van der Waals surface area contributed by atoms with E-state index in [0.29, 0.717) is 12.2 Å². The van der Waals surface area contributed by atoms with Gasteiger partial charge >= 0.3 is 5.97 Å². The van der Waals surface area contributed by atoms with E-state index in [-0.39, 0.29) is 24.6 Å². The maximum atomic E-state index is 12.1. The molecule has 1 aromatic rings. The normalized spacial score (nSPS) is 10.2. The zero-order chi connectivity index (χ0) is 15.0. The number of ether oxygens (including phenoxy) is 2. The molecule has 0 spiro atoms. The van der Waals surface area contributed by atoms with E-state index < -0.39 is 0 Å². The monoisotopic (exact) mass is 278 g/mol. The molecule has 0 saturated carbocycles. The lowest BCUT2D eigenvalue weighted by Crippen LogP contribution is -2.08. The fourth-order valence-corrected chi connectivity index (χ4v) is 1.90. The quantitative estimate of drug-likeness (QED) is 0.541. The molecule has 0 aliphatic carbocycles. The molecule has 0 aromatic heterocycles. The summed E-state index contributed by atoms with van der Waals surface area (Å²) >= 11 is 0. The first-order valence-corrected chi connectivity index (χ1v) is 6.98. The van der Waals surface area contributed by atoms with Gasteiger partial charge < -0.3 is 9.47 Å². The molecule has 1 rings (SSSR count). The molecule has 1 aromatic carbocycles. The van der Waals surface area contributed by atoms with Gasteiger partial charge in [-0.1, -0.05) is 13.8 Å². The average molecular weight is 278 g/mol. The van der Waals surface area contributed by atoms with Crippen molar-refractivity contribution < 1.29 is 19.1 Å². The van der Waals surface area contributed by atoms with Crippen molar-refractivity contribution in [2.45, 2.75) is 39.5 Å². The van der Waals surface area contributed by atoms with Gasteiger partial charge in [0.1, 0.15) is 5.75 Å². The molecule has 0 radical (unpaired) electrons. The highest BCUT2D eigenvalue weighted by atomic mass is 16.5. The number of hydrogen-bond donors (Lipinski definition) is 0. The van der Waals surface area contributed by atoms with E-state index in [0.717, 1.165) is 24.2 Å². The molecule has 4 heteroatoms. The van der Waals surface area contributed by atoms with E-state index in [9.17, 15) is 9.59 Å². The van der Waals surface area contributed by atoms with Crippen LogP contribution in [0.4, 0.5) is 0 Å². The van der Waals surface area contributed by atoms with Gasteiger partial charge in [-0.05, 0) is 36.6 Å².